The molecule has 1 amide bonds. The van der Waals surface area contributed by atoms with Crippen molar-refractivity contribution in [2.24, 2.45) is 0 Å². The predicted octanol–water partition coefficient (Wildman–Crippen LogP) is 2.52. The third kappa shape index (κ3) is 5.51. The van der Waals surface area contributed by atoms with Crippen molar-refractivity contribution in [1.29, 1.82) is 0 Å². The van der Waals surface area contributed by atoms with Crippen molar-refractivity contribution in [3.05, 3.63) is 28.2 Å². The van der Waals surface area contributed by atoms with E-state index in [1.165, 1.54) is 5.56 Å². The number of carbonyl (C=O) groups excluding carboxylic acids is 1. The molecule has 0 atom stereocenters. The van der Waals surface area contributed by atoms with Crippen LogP contribution in [0.3, 0.4) is 0 Å². The molecule has 1 aromatic carbocycles. The van der Waals surface area contributed by atoms with E-state index in [1.807, 2.05) is 31.9 Å². The van der Waals surface area contributed by atoms with Crippen LogP contribution < -0.4 is 15.5 Å². The number of nitrogens with zero attached hydrogens (tertiary/aromatic N) is 1. The molecule has 0 aliphatic rings. The summed E-state index contributed by atoms with van der Waals surface area (Å²) < 4.78 is 1.02. The summed E-state index contributed by atoms with van der Waals surface area (Å²) in [6.45, 7) is 8.09. The maximum Gasteiger partial charge on any atom is 0.239 e. The molecule has 20 heavy (non-hydrogen) atoms. The van der Waals surface area contributed by atoms with Gasteiger partial charge in [-0.1, -0.05) is 28.9 Å². The summed E-state index contributed by atoms with van der Waals surface area (Å²) in [6.07, 6.45) is 0. The quantitative estimate of drug-likeness (QED) is 0.800. The SMILES string of the molecule is CCNCc1ccc(Br)cc1N(C)CC(=O)NC(C)C. The Bertz CT molecular complexity index is 449. The first-order valence-corrected chi connectivity index (χ1v) is 7.73. The van der Waals surface area contributed by atoms with Gasteiger partial charge in [-0.25, -0.2) is 0 Å². The maximum absolute atomic E-state index is 11.9. The van der Waals surface area contributed by atoms with Gasteiger partial charge in [0.2, 0.25) is 5.91 Å². The van der Waals surface area contributed by atoms with Gasteiger partial charge in [0.15, 0.2) is 0 Å². The summed E-state index contributed by atoms with van der Waals surface area (Å²) in [6, 6.07) is 6.33. The monoisotopic (exact) mass is 341 g/mol. The van der Waals surface area contributed by atoms with Crippen LogP contribution in [-0.4, -0.2) is 32.1 Å². The van der Waals surface area contributed by atoms with E-state index >= 15 is 0 Å². The lowest BCUT2D eigenvalue weighted by Crippen LogP contribution is -2.39. The molecule has 1 aromatic rings. The second-order valence-corrected chi connectivity index (χ2v) is 6.05. The first-order valence-electron chi connectivity index (χ1n) is 6.93. The molecular weight excluding hydrogens is 318 g/mol. The maximum atomic E-state index is 11.9. The Morgan fingerprint density at radius 3 is 2.70 bits per heavy atom. The van der Waals surface area contributed by atoms with Gasteiger partial charge in [0.1, 0.15) is 0 Å². The molecule has 2 N–H and O–H groups in total. The topological polar surface area (TPSA) is 44.4 Å². The van der Waals surface area contributed by atoms with E-state index in [0.717, 1.165) is 23.2 Å². The summed E-state index contributed by atoms with van der Waals surface area (Å²) in [5.41, 5.74) is 2.26. The number of hydrogen-bond donors (Lipinski definition) is 2. The first-order chi connectivity index (χ1) is 9.43. The van der Waals surface area contributed by atoms with Crippen molar-refractivity contribution in [3.63, 3.8) is 0 Å². The molecule has 0 bridgehead atoms. The van der Waals surface area contributed by atoms with Crippen molar-refractivity contribution in [2.45, 2.75) is 33.4 Å². The van der Waals surface area contributed by atoms with E-state index in [0.29, 0.717) is 6.54 Å². The van der Waals surface area contributed by atoms with Crippen molar-refractivity contribution in [3.8, 4) is 0 Å². The zero-order valence-electron chi connectivity index (χ0n) is 12.7. The highest BCUT2D eigenvalue weighted by Crippen LogP contribution is 2.24. The number of rotatable bonds is 7. The predicted molar refractivity (Wildman–Crippen MR) is 88.1 cm³/mol. The lowest BCUT2D eigenvalue weighted by atomic mass is 10.1. The zero-order valence-corrected chi connectivity index (χ0v) is 14.3. The van der Waals surface area contributed by atoms with Gasteiger partial charge < -0.3 is 15.5 Å². The van der Waals surface area contributed by atoms with Gasteiger partial charge in [-0.2, -0.15) is 0 Å². The number of anilines is 1. The molecule has 0 spiro atoms. The highest BCUT2D eigenvalue weighted by atomic mass is 79.9. The second kappa shape index (κ2) is 8.27. The lowest BCUT2D eigenvalue weighted by molar-refractivity contribution is -0.120. The van der Waals surface area contributed by atoms with Gasteiger partial charge in [0.05, 0.1) is 6.54 Å². The van der Waals surface area contributed by atoms with Gasteiger partial charge in [0, 0.05) is 29.8 Å². The fourth-order valence-electron chi connectivity index (χ4n) is 1.97. The minimum Gasteiger partial charge on any atom is -0.365 e. The molecule has 0 radical (unpaired) electrons. The fourth-order valence-corrected chi connectivity index (χ4v) is 2.32. The van der Waals surface area contributed by atoms with Gasteiger partial charge >= 0.3 is 0 Å². The van der Waals surface area contributed by atoms with Crippen LogP contribution in [0, 0.1) is 0 Å². The van der Waals surface area contributed by atoms with Crippen LogP contribution in [0.25, 0.3) is 0 Å². The van der Waals surface area contributed by atoms with E-state index in [4.69, 9.17) is 0 Å². The zero-order chi connectivity index (χ0) is 15.1. The molecule has 0 fully saturated rings. The minimum absolute atomic E-state index is 0.0388. The molecule has 0 saturated heterocycles. The molecule has 112 valence electrons. The van der Waals surface area contributed by atoms with Crippen LogP contribution in [0.5, 0.6) is 0 Å². The number of hydrogen-bond acceptors (Lipinski definition) is 3. The largest absolute Gasteiger partial charge is 0.365 e. The van der Waals surface area contributed by atoms with Crippen LogP contribution in [0.15, 0.2) is 22.7 Å². The Morgan fingerprint density at radius 1 is 1.40 bits per heavy atom. The molecular formula is C15H24BrN3O. The molecule has 0 aliphatic carbocycles. The highest BCUT2D eigenvalue weighted by molar-refractivity contribution is 9.10. The number of nitrogens with one attached hydrogen (secondary N) is 2. The fraction of sp³-hybridized carbons (Fsp3) is 0.533. The van der Waals surface area contributed by atoms with E-state index in [9.17, 15) is 4.79 Å². The lowest BCUT2D eigenvalue weighted by Gasteiger charge is -2.23. The summed E-state index contributed by atoms with van der Waals surface area (Å²) in [7, 11) is 1.94. The van der Waals surface area contributed by atoms with Crippen molar-refractivity contribution < 1.29 is 4.79 Å². The number of carbonyl (C=O) groups is 1. The Hall–Kier alpha value is -1.07. The first kappa shape index (κ1) is 17.0. The average molecular weight is 342 g/mol. The Labute approximate surface area is 130 Å². The third-order valence-electron chi connectivity index (χ3n) is 2.85. The van der Waals surface area contributed by atoms with Crippen LogP contribution >= 0.6 is 15.9 Å². The number of benzene rings is 1. The minimum atomic E-state index is 0.0388. The van der Waals surface area contributed by atoms with Crippen LogP contribution in [0.4, 0.5) is 5.69 Å². The molecule has 0 unspecified atom stereocenters. The Balaban J connectivity index is 2.81. The summed E-state index contributed by atoms with van der Waals surface area (Å²) in [5, 5.41) is 6.24. The summed E-state index contributed by atoms with van der Waals surface area (Å²) in [5.74, 6) is 0.0388. The van der Waals surface area contributed by atoms with E-state index in [-0.39, 0.29) is 11.9 Å². The van der Waals surface area contributed by atoms with Crippen molar-refractivity contribution in [2.75, 3.05) is 25.0 Å². The Kier molecular flexibility index (Phi) is 7.02. The summed E-state index contributed by atoms with van der Waals surface area (Å²) >= 11 is 3.49. The molecule has 5 heteroatoms. The van der Waals surface area contributed by atoms with Crippen LogP contribution in [0.1, 0.15) is 26.3 Å². The van der Waals surface area contributed by atoms with Crippen LogP contribution in [0.2, 0.25) is 0 Å². The number of amides is 1. The highest BCUT2D eigenvalue weighted by Gasteiger charge is 2.12. The number of halogens is 1. The molecule has 0 saturated carbocycles. The molecule has 0 aromatic heterocycles. The molecule has 0 aliphatic heterocycles. The molecule has 4 nitrogen and oxygen atoms in total. The van der Waals surface area contributed by atoms with E-state index in [2.05, 4.69) is 45.6 Å². The standard InChI is InChI=1S/C15H24BrN3O/c1-5-17-9-12-6-7-13(16)8-14(12)19(4)10-15(20)18-11(2)3/h6-8,11,17H,5,9-10H2,1-4H3,(H,18,20). The second-order valence-electron chi connectivity index (χ2n) is 5.13. The van der Waals surface area contributed by atoms with Crippen LogP contribution in [-0.2, 0) is 11.3 Å². The third-order valence-corrected chi connectivity index (χ3v) is 3.35. The van der Waals surface area contributed by atoms with Gasteiger partial charge in [0.25, 0.3) is 0 Å². The van der Waals surface area contributed by atoms with Gasteiger partial charge in [-0.3, -0.25) is 4.79 Å². The van der Waals surface area contributed by atoms with Crippen molar-refractivity contribution in [1.82, 2.24) is 10.6 Å². The van der Waals surface area contributed by atoms with Gasteiger partial charge in [-0.15, -0.1) is 0 Å². The van der Waals surface area contributed by atoms with E-state index in [1.54, 1.807) is 0 Å². The molecule has 0 heterocycles. The molecule has 1 rings (SSSR count). The normalized spacial score (nSPS) is 10.7. The van der Waals surface area contributed by atoms with E-state index < -0.39 is 0 Å². The summed E-state index contributed by atoms with van der Waals surface area (Å²) in [4.78, 5) is 13.8. The van der Waals surface area contributed by atoms with Gasteiger partial charge in [-0.05, 0) is 38.1 Å². The number of likely N-dealkylation sites (N-methyl/N-ethyl adjacent to an activating group) is 1. The average Bonchev–Trinajstić information content (AvgIpc) is 2.36. The smallest absolute Gasteiger partial charge is 0.239 e. The Morgan fingerprint density at radius 2 is 2.10 bits per heavy atom. The van der Waals surface area contributed by atoms with Crippen molar-refractivity contribution >= 4 is 27.5 Å².